The van der Waals surface area contributed by atoms with Crippen molar-refractivity contribution < 1.29 is 0 Å². The van der Waals surface area contributed by atoms with Gasteiger partial charge in [0.2, 0.25) is 0 Å². The summed E-state index contributed by atoms with van der Waals surface area (Å²) in [6, 6.07) is 47.9. The maximum absolute atomic E-state index is 2.50. The number of hydrogen-bond donors (Lipinski definition) is 0. The van der Waals surface area contributed by atoms with Crippen molar-refractivity contribution in [3.05, 3.63) is 155 Å². The van der Waals surface area contributed by atoms with Crippen LogP contribution in [0.2, 0.25) is 0 Å². The third kappa shape index (κ3) is 4.80. The Hall–Kier alpha value is -5.72. The molecule has 0 saturated carbocycles. The average molecular weight is 735 g/mol. The predicted molar refractivity (Wildman–Crippen MR) is 249 cm³/mol. The van der Waals surface area contributed by atoms with E-state index in [1.165, 1.54) is 131 Å². The molecule has 0 amide bonds. The van der Waals surface area contributed by atoms with Gasteiger partial charge in [0.15, 0.2) is 0 Å². The lowest BCUT2D eigenvalue weighted by Gasteiger charge is -2.24. The standard InChI is InChI=1S/C57H50/c1-31-23-47(45-21-15-37-27-39(55(3,4)5)25-35-13-17-41(31)53(45)51(35)37)33-11-19-43-44-20-12-34(30-50(44)57(9,10)49(43)29-33)48-24-32(2)42-18-14-36-26-40(56(6,7)8)28-38-16-22-46(48)54(42)52(36)38/h11-30H,1-10H3. The molecule has 278 valence electrons. The summed E-state index contributed by atoms with van der Waals surface area (Å²) < 4.78 is 0. The largest absolute Gasteiger partial charge is 0.0561 e. The second-order valence-electron chi connectivity index (χ2n) is 19.9. The zero-order valence-electron chi connectivity index (χ0n) is 35.0. The zero-order valence-corrected chi connectivity index (χ0v) is 35.0. The van der Waals surface area contributed by atoms with E-state index in [1.54, 1.807) is 0 Å². The van der Waals surface area contributed by atoms with Crippen molar-refractivity contribution in [3.63, 3.8) is 0 Å². The van der Waals surface area contributed by atoms with Gasteiger partial charge in [-0.15, -0.1) is 0 Å². The molecular weight excluding hydrogens is 685 g/mol. The molecule has 0 fully saturated rings. The normalized spacial score (nSPS) is 14.3. The molecule has 10 aromatic carbocycles. The minimum atomic E-state index is -0.152. The van der Waals surface area contributed by atoms with Gasteiger partial charge in [0, 0.05) is 5.41 Å². The summed E-state index contributed by atoms with van der Waals surface area (Å²) >= 11 is 0. The Morgan fingerprint density at radius 1 is 0.351 bits per heavy atom. The van der Waals surface area contributed by atoms with Crippen molar-refractivity contribution >= 4 is 64.6 Å². The first kappa shape index (κ1) is 34.5. The topological polar surface area (TPSA) is 0 Å². The van der Waals surface area contributed by atoms with E-state index in [-0.39, 0.29) is 16.2 Å². The van der Waals surface area contributed by atoms with Gasteiger partial charge in [-0.2, -0.15) is 0 Å². The molecule has 0 nitrogen and oxygen atoms in total. The second-order valence-corrected chi connectivity index (χ2v) is 19.9. The van der Waals surface area contributed by atoms with Gasteiger partial charge >= 0.3 is 0 Å². The maximum Gasteiger partial charge on any atom is 0.0159 e. The maximum atomic E-state index is 2.50. The molecule has 10 aromatic rings. The van der Waals surface area contributed by atoms with Crippen LogP contribution in [-0.2, 0) is 16.2 Å². The summed E-state index contributed by atoms with van der Waals surface area (Å²) in [5, 5.41) is 16.3. The van der Waals surface area contributed by atoms with Gasteiger partial charge in [-0.1, -0.05) is 165 Å². The first-order chi connectivity index (χ1) is 27.1. The lowest BCUT2D eigenvalue weighted by Crippen LogP contribution is -2.15. The van der Waals surface area contributed by atoms with Crippen LogP contribution < -0.4 is 0 Å². The average Bonchev–Trinajstić information content (AvgIpc) is 3.40. The Morgan fingerprint density at radius 3 is 1.05 bits per heavy atom. The highest BCUT2D eigenvalue weighted by Crippen LogP contribution is 2.52. The third-order valence-electron chi connectivity index (χ3n) is 13.9. The Kier molecular flexibility index (Phi) is 6.80. The predicted octanol–water partition coefficient (Wildman–Crippen LogP) is 16.3. The molecule has 0 aliphatic heterocycles. The molecule has 0 radical (unpaired) electrons. The minimum absolute atomic E-state index is 0.0960. The van der Waals surface area contributed by atoms with E-state index in [1.807, 2.05) is 0 Å². The fraction of sp³-hybridized carbons (Fsp3) is 0.228. The molecule has 0 heteroatoms. The summed E-state index contributed by atoms with van der Waals surface area (Å²) in [5.74, 6) is 0. The van der Waals surface area contributed by atoms with E-state index in [9.17, 15) is 0 Å². The number of benzene rings is 10. The Balaban J connectivity index is 1.05. The summed E-state index contributed by atoms with van der Waals surface area (Å²) in [6.07, 6.45) is 0. The van der Waals surface area contributed by atoms with Gasteiger partial charge in [-0.25, -0.2) is 0 Å². The smallest absolute Gasteiger partial charge is 0.0159 e. The van der Waals surface area contributed by atoms with Crippen LogP contribution >= 0.6 is 0 Å². The lowest BCUT2D eigenvalue weighted by atomic mass is 9.79. The molecule has 11 rings (SSSR count). The molecule has 1 aliphatic rings. The molecular formula is C57H50. The number of aryl methyl sites for hydroxylation is 2. The lowest BCUT2D eigenvalue weighted by molar-refractivity contribution is 0.591. The van der Waals surface area contributed by atoms with Gasteiger partial charge in [0.05, 0.1) is 0 Å². The molecule has 0 heterocycles. The van der Waals surface area contributed by atoms with Crippen LogP contribution in [0.3, 0.4) is 0 Å². The second kappa shape index (κ2) is 11.2. The van der Waals surface area contributed by atoms with E-state index in [4.69, 9.17) is 0 Å². The van der Waals surface area contributed by atoms with E-state index in [0.29, 0.717) is 0 Å². The summed E-state index contributed by atoms with van der Waals surface area (Å²) in [6.45, 7) is 23.3. The van der Waals surface area contributed by atoms with Crippen LogP contribution in [0.4, 0.5) is 0 Å². The molecule has 0 spiro atoms. The SMILES string of the molecule is Cc1cc(-c2ccc3c(c2)C(C)(C)c2cc(-c4cc(C)c5ccc6cc(C(C)(C)C)cc7ccc4c5c67)ccc2-3)c2ccc3cc(C(C)(C)C)cc4ccc1c2c43. The molecule has 57 heavy (non-hydrogen) atoms. The molecule has 0 aromatic heterocycles. The molecule has 0 N–H and O–H groups in total. The van der Waals surface area contributed by atoms with Crippen molar-refractivity contribution in [2.75, 3.05) is 0 Å². The van der Waals surface area contributed by atoms with E-state index < -0.39 is 0 Å². The number of hydrogen-bond acceptors (Lipinski definition) is 0. The fourth-order valence-electron chi connectivity index (χ4n) is 10.6. The number of rotatable bonds is 2. The first-order valence-corrected chi connectivity index (χ1v) is 20.8. The minimum Gasteiger partial charge on any atom is -0.0561 e. The Bertz CT molecular complexity index is 3070. The van der Waals surface area contributed by atoms with Crippen LogP contribution in [0.1, 0.15) is 88.8 Å². The Morgan fingerprint density at radius 2 is 0.702 bits per heavy atom. The monoisotopic (exact) mass is 734 g/mol. The van der Waals surface area contributed by atoms with Crippen molar-refractivity contribution in [3.8, 4) is 33.4 Å². The highest BCUT2D eigenvalue weighted by atomic mass is 14.4. The van der Waals surface area contributed by atoms with Crippen molar-refractivity contribution in [1.82, 2.24) is 0 Å². The van der Waals surface area contributed by atoms with E-state index >= 15 is 0 Å². The van der Waals surface area contributed by atoms with Gasteiger partial charge in [-0.3, -0.25) is 0 Å². The van der Waals surface area contributed by atoms with Crippen LogP contribution in [0, 0.1) is 13.8 Å². The summed E-state index contributed by atoms with van der Waals surface area (Å²) in [4.78, 5) is 0. The molecule has 1 aliphatic carbocycles. The fourth-order valence-corrected chi connectivity index (χ4v) is 10.6. The van der Waals surface area contributed by atoms with Crippen LogP contribution in [0.25, 0.3) is 98.0 Å². The highest BCUT2D eigenvalue weighted by Gasteiger charge is 2.36. The number of fused-ring (bicyclic) bond motifs is 3. The molecule has 0 atom stereocenters. The third-order valence-corrected chi connectivity index (χ3v) is 13.9. The zero-order chi connectivity index (χ0) is 39.5. The van der Waals surface area contributed by atoms with Crippen molar-refractivity contribution in [2.45, 2.75) is 85.5 Å². The van der Waals surface area contributed by atoms with Gasteiger partial charge in [-0.05, 0) is 168 Å². The van der Waals surface area contributed by atoms with Crippen molar-refractivity contribution in [2.24, 2.45) is 0 Å². The highest BCUT2D eigenvalue weighted by molar-refractivity contribution is 6.27. The van der Waals surface area contributed by atoms with Gasteiger partial charge in [0.1, 0.15) is 0 Å². The first-order valence-electron chi connectivity index (χ1n) is 20.8. The van der Waals surface area contributed by atoms with E-state index in [2.05, 4.69) is 191 Å². The van der Waals surface area contributed by atoms with Gasteiger partial charge in [0.25, 0.3) is 0 Å². The van der Waals surface area contributed by atoms with Gasteiger partial charge < -0.3 is 0 Å². The van der Waals surface area contributed by atoms with Crippen LogP contribution in [0.5, 0.6) is 0 Å². The van der Waals surface area contributed by atoms with E-state index in [0.717, 1.165) is 0 Å². The molecule has 0 bridgehead atoms. The van der Waals surface area contributed by atoms with Crippen LogP contribution in [-0.4, -0.2) is 0 Å². The summed E-state index contributed by atoms with van der Waals surface area (Å²) in [5.41, 5.74) is 16.2. The molecule has 0 unspecified atom stereocenters. The van der Waals surface area contributed by atoms with Crippen LogP contribution in [0.15, 0.2) is 121 Å². The Labute approximate surface area is 336 Å². The van der Waals surface area contributed by atoms with Crippen molar-refractivity contribution in [1.29, 1.82) is 0 Å². The summed E-state index contributed by atoms with van der Waals surface area (Å²) in [7, 11) is 0. The quantitative estimate of drug-likeness (QED) is 0.155. The molecule has 0 saturated heterocycles.